The van der Waals surface area contributed by atoms with E-state index in [1.807, 2.05) is 56.3 Å². The minimum atomic E-state index is -0.301. The molecule has 1 aliphatic rings. The normalized spacial score (nSPS) is 16.1. The molecule has 2 aromatic carbocycles. The summed E-state index contributed by atoms with van der Waals surface area (Å²) < 4.78 is 0. The van der Waals surface area contributed by atoms with E-state index in [2.05, 4.69) is 30.6 Å². The van der Waals surface area contributed by atoms with Crippen molar-refractivity contribution < 1.29 is 9.59 Å². The second-order valence-corrected chi connectivity index (χ2v) is 9.10. The van der Waals surface area contributed by atoms with Gasteiger partial charge in [0.25, 0.3) is 0 Å². The van der Waals surface area contributed by atoms with Gasteiger partial charge in [0.15, 0.2) is 0 Å². The van der Waals surface area contributed by atoms with Crippen LogP contribution in [0.15, 0.2) is 53.1 Å². The highest BCUT2D eigenvalue weighted by atomic mass is 32.2. The molecular weight excluding hydrogens is 406 g/mol. The van der Waals surface area contributed by atoms with Gasteiger partial charge in [0.05, 0.1) is 22.4 Å². The molecule has 2 N–H and O–H groups in total. The Hall–Kier alpha value is -3.04. The van der Waals surface area contributed by atoms with Gasteiger partial charge in [0.2, 0.25) is 11.8 Å². The summed E-state index contributed by atoms with van der Waals surface area (Å²) in [6, 6.07) is 16.1. The van der Waals surface area contributed by atoms with Gasteiger partial charge < -0.3 is 10.6 Å². The zero-order valence-electron chi connectivity index (χ0n) is 18.3. The van der Waals surface area contributed by atoms with Gasteiger partial charge >= 0.3 is 0 Å². The van der Waals surface area contributed by atoms with Gasteiger partial charge in [0, 0.05) is 18.0 Å². The zero-order chi connectivity index (χ0) is 22.5. The van der Waals surface area contributed by atoms with E-state index in [4.69, 9.17) is 0 Å². The maximum Gasteiger partial charge on any atom is 0.234 e. The van der Waals surface area contributed by atoms with Crippen LogP contribution in [0.5, 0.6) is 0 Å². The van der Waals surface area contributed by atoms with Crippen LogP contribution in [0.25, 0.3) is 0 Å². The van der Waals surface area contributed by atoms with E-state index in [0.29, 0.717) is 16.5 Å². The van der Waals surface area contributed by atoms with Crippen molar-refractivity contribution >= 4 is 29.3 Å². The summed E-state index contributed by atoms with van der Waals surface area (Å²) in [7, 11) is 0. The Morgan fingerprint density at radius 2 is 1.90 bits per heavy atom. The van der Waals surface area contributed by atoms with Crippen LogP contribution in [-0.2, 0) is 9.59 Å². The molecule has 1 atom stereocenters. The third-order valence-corrected chi connectivity index (χ3v) is 6.52. The van der Waals surface area contributed by atoms with Crippen LogP contribution < -0.4 is 10.6 Å². The molecule has 0 aromatic heterocycles. The summed E-state index contributed by atoms with van der Waals surface area (Å²) in [5, 5.41) is 15.9. The fraction of sp³-hybridized carbons (Fsp3) is 0.320. The van der Waals surface area contributed by atoms with Gasteiger partial charge in [0.1, 0.15) is 0 Å². The largest absolute Gasteiger partial charge is 0.325 e. The first-order chi connectivity index (χ1) is 14.8. The minimum absolute atomic E-state index is 0.104. The molecule has 31 heavy (non-hydrogen) atoms. The van der Waals surface area contributed by atoms with Gasteiger partial charge in [-0.1, -0.05) is 55.9 Å². The van der Waals surface area contributed by atoms with E-state index >= 15 is 0 Å². The van der Waals surface area contributed by atoms with Gasteiger partial charge in [-0.15, -0.1) is 0 Å². The van der Waals surface area contributed by atoms with Crippen molar-refractivity contribution in [2.24, 2.45) is 0 Å². The van der Waals surface area contributed by atoms with E-state index < -0.39 is 0 Å². The Labute approximate surface area is 187 Å². The minimum Gasteiger partial charge on any atom is -0.325 e. The second-order valence-electron chi connectivity index (χ2n) is 8.12. The van der Waals surface area contributed by atoms with Crippen molar-refractivity contribution in [1.29, 1.82) is 5.26 Å². The topological polar surface area (TPSA) is 82.0 Å². The molecule has 0 bridgehead atoms. The van der Waals surface area contributed by atoms with Gasteiger partial charge in [-0.25, -0.2) is 0 Å². The van der Waals surface area contributed by atoms with Crippen molar-refractivity contribution in [2.75, 3.05) is 11.1 Å². The highest BCUT2D eigenvalue weighted by molar-refractivity contribution is 8.03. The van der Waals surface area contributed by atoms with Crippen molar-refractivity contribution in [2.45, 2.75) is 46.0 Å². The molecule has 5 nitrogen and oxygen atoms in total. The van der Waals surface area contributed by atoms with Crippen LogP contribution in [-0.4, -0.2) is 17.6 Å². The van der Waals surface area contributed by atoms with Crippen LogP contribution >= 0.6 is 11.8 Å². The van der Waals surface area contributed by atoms with E-state index in [9.17, 15) is 14.9 Å². The molecule has 0 spiro atoms. The molecule has 0 aliphatic carbocycles. The molecule has 2 amide bonds. The number of amides is 2. The van der Waals surface area contributed by atoms with Crippen molar-refractivity contribution in [1.82, 2.24) is 5.32 Å². The third kappa shape index (κ3) is 5.56. The number of allylic oxidation sites excluding steroid dienone is 1. The average molecular weight is 434 g/mol. The molecule has 1 aliphatic heterocycles. The lowest BCUT2D eigenvalue weighted by atomic mass is 9.86. The molecule has 2 aromatic rings. The lowest BCUT2D eigenvalue weighted by Crippen LogP contribution is -2.31. The Balaban J connectivity index is 1.74. The molecule has 0 saturated carbocycles. The fourth-order valence-corrected chi connectivity index (χ4v) is 4.36. The number of thioether (sulfide) groups is 1. The first kappa shape index (κ1) is 22.6. The first-order valence-corrected chi connectivity index (χ1v) is 11.3. The van der Waals surface area contributed by atoms with Crippen molar-refractivity contribution in [3.05, 3.63) is 75.3 Å². The van der Waals surface area contributed by atoms with Crippen LogP contribution in [0.3, 0.4) is 0 Å². The Morgan fingerprint density at radius 3 is 2.52 bits per heavy atom. The molecule has 160 valence electrons. The summed E-state index contributed by atoms with van der Waals surface area (Å²) in [6.07, 6.45) is 0.225. The summed E-state index contributed by atoms with van der Waals surface area (Å²) in [5.41, 5.74) is 5.65. The molecule has 0 radical (unpaired) electrons. The van der Waals surface area contributed by atoms with Gasteiger partial charge in [-0.05, 0) is 54.2 Å². The first-order valence-electron chi connectivity index (χ1n) is 10.3. The number of nitrogens with one attached hydrogen (secondary N) is 2. The number of anilines is 1. The Kier molecular flexibility index (Phi) is 7.19. The van der Waals surface area contributed by atoms with Crippen LogP contribution in [0, 0.1) is 25.2 Å². The number of hydrogen-bond donors (Lipinski definition) is 2. The number of hydrogen-bond acceptors (Lipinski definition) is 4. The highest BCUT2D eigenvalue weighted by Crippen LogP contribution is 2.36. The van der Waals surface area contributed by atoms with E-state index in [1.54, 1.807) is 0 Å². The monoisotopic (exact) mass is 433 g/mol. The molecule has 0 saturated heterocycles. The number of nitrogens with zero attached hydrogens (tertiary/aromatic N) is 1. The van der Waals surface area contributed by atoms with Crippen LogP contribution in [0.1, 0.15) is 54.4 Å². The third-order valence-electron chi connectivity index (χ3n) is 5.50. The lowest BCUT2D eigenvalue weighted by Gasteiger charge is -2.25. The predicted molar refractivity (Wildman–Crippen MR) is 126 cm³/mol. The number of rotatable bonds is 6. The number of carbonyl (C=O) groups is 2. The molecule has 6 heteroatoms. The average Bonchev–Trinajstić information content (AvgIpc) is 2.74. The van der Waals surface area contributed by atoms with Gasteiger partial charge in [-0.3, -0.25) is 9.59 Å². The Bertz CT molecular complexity index is 1070. The summed E-state index contributed by atoms with van der Waals surface area (Å²) in [6.45, 7) is 8.27. The fourth-order valence-electron chi connectivity index (χ4n) is 3.48. The smallest absolute Gasteiger partial charge is 0.234 e. The number of carbonyl (C=O) groups excluding carboxylic acids is 2. The molecule has 0 fully saturated rings. The van der Waals surface area contributed by atoms with E-state index in [0.717, 1.165) is 22.4 Å². The maximum atomic E-state index is 12.4. The summed E-state index contributed by atoms with van der Waals surface area (Å²) in [5.74, 6) is -0.112. The molecule has 3 rings (SSSR count). The predicted octanol–water partition coefficient (Wildman–Crippen LogP) is 5.14. The quantitative estimate of drug-likeness (QED) is 0.661. The van der Waals surface area contributed by atoms with E-state index in [1.165, 1.54) is 17.3 Å². The number of nitriles is 1. The van der Waals surface area contributed by atoms with Crippen LogP contribution in [0.4, 0.5) is 5.69 Å². The van der Waals surface area contributed by atoms with Crippen molar-refractivity contribution in [3.8, 4) is 6.07 Å². The Morgan fingerprint density at radius 1 is 1.19 bits per heavy atom. The summed E-state index contributed by atoms with van der Waals surface area (Å²) in [4.78, 5) is 24.8. The standard InChI is InChI=1S/C25H27N3O2S/c1-15(2)18-6-8-19(9-7-18)21-12-23(29)28-25(22(21)13-26)31-14-24(30)27-20-10-5-16(3)17(4)11-20/h5-11,15,21H,12,14H2,1-4H3,(H,27,30)(H,28,29)/t21-/m0/s1. The molecule has 0 unspecified atom stereocenters. The lowest BCUT2D eigenvalue weighted by molar-refractivity contribution is -0.121. The van der Waals surface area contributed by atoms with Crippen LogP contribution in [0.2, 0.25) is 0 Å². The van der Waals surface area contributed by atoms with Crippen molar-refractivity contribution in [3.63, 3.8) is 0 Å². The van der Waals surface area contributed by atoms with E-state index in [-0.39, 0.29) is 29.9 Å². The highest BCUT2D eigenvalue weighted by Gasteiger charge is 2.30. The van der Waals surface area contributed by atoms with Gasteiger partial charge in [-0.2, -0.15) is 5.26 Å². The number of aryl methyl sites for hydroxylation is 2. The maximum absolute atomic E-state index is 12.4. The summed E-state index contributed by atoms with van der Waals surface area (Å²) >= 11 is 1.19. The molecular formula is C25H27N3O2S. The molecule has 1 heterocycles. The second kappa shape index (κ2) is 9.84. The number of benzene rings is 2. The zero-order valence-corrected chi connectivity index (χ0v) is 19.1. The SMILES string of the molecule is Cc1ccc(NC(=O)CSC2=C(C#N)[C@H](c3ccc(C(C)C)cc3)CC(=O)N2)cc1C.